The molecule has 0 radical (unpaired) electrons. The van der Waals surface area contributed by atoms with E-state index in [-0.39, 0.29) is 23.6 Å². The van der Waals surface area contributed by atoms with Gasteiger partial charge < -0.3 is 14.7 Å². The zero-order valence-electron chi connectivity index (χ0n) is 20.3. The Bertz CT molecular complexity index is 1310. The van der Waals surface area contributed by atoms with Crippen LogP contribution in [-0.2, 0) is 10.2 Å². The molecule has 1 aliphatic rings. The van der Waals surface area contributed by atoms with E-state index >= 15 is 0 Å². The molecule has 6 nitrogen and oxygen atoms in total. The number of aromatic nitrogens is 1. The molecule has 6 heteroatoms. The van der Waals surface area contributed by atoms with Crippen molar-refractivity contribution in [3.05, 3.63) is 114 Å². The highest BCUT2D eigenvalue weighted by Gasteiger charge is 2.44. The number of carbonyl (C=O) groups is 2. The third kappa shape index (κ3) is 4.67. The first-order valence-corrected chi connectivity index (χ1v) is 12.3. The van der Waals surface area contributed by atoms with Crippen LogP contribution in [0.1, 0.15) is 47.5 Å². The summed E-state index contributed by atoms with van der Waals surface area (Å²) in [5.74, 6) is -0.00389. The van der Waals surface area contributed by atoms with Crippen LogP contribution in [0.15, 0.2) is 102 Å². The van der Waals surface area contributed by atoms with Gasteiger partial charge in [-0.05, 0) is 30.9 Å². The molecule has 2 heterocycles. The standard InChI is InChI=1S/C30H29N3O3/c1-22(23-11-5-2-6-12-23)31-29(35)30(25-15-9-4-10-16-25)17-19-33(20-18-30)28(34)27-21-26(32-36-27)24-13-7-3-8-14-24/h2-16,21-22H,17-20H2,1H3,(H,31,35)/t22-/m0/s1. The van der Waals surface area contributed by atoms with Crippen LogP contribution in [0.25, 0.3) is 11.3 Å². The molecule has 36 heavy (non-hydrogen) atoms. The number of benzene rings is 3. The number of hydrogen-bond donors (Lipinski definition) is 1. The van der Waals surface area contributed by atoms with Crippen molar-refractivity contribution in [1.29, 1.82) is 0 Å². The molecule has 0 saturated carbocycles. The fourth-order valence-electron chi connectivity index (χ4n) is 4.93. The monoisotopic (exact) mass is 479 g/mol. The molecule has 1 aromatic heterocycles. The van der Waals surface area contributed by atoms with Crippen LogP contribution in [-0.4, -0.2) is 35.0 Å². The van der Waals surface area contributed by atoms with Crippen molar-refractivity contribution in [2.24, 2.45) is 0 Å². The first-order valence-electron chi connectivity index (χ1n) is 12.3. The molecule has 4 aromatic rings. The normalized spacial score (nSPS) is 15.8. The second kappa shape index (κ2) is 10.2. The summed E-state index contributed by atoms with van der Waals surface area (Å²) in [6, 6.07) is 31.0. The van der Waals surface area contributed by atoms with E-state index in [9.17, 15) is 9.59 Å². The molecule has 182 valence electrons. The smallest absolute Gasteiger partial charge is 0.292 e. The number of carbonyl (C=O) groups excluding carboxylic acids is 2. The van der Waals surface area contributed by atoms with Crippen molar-refractivity contribution < 1.29 is 14.1 Å². The van der Waals surface area contributed by atoms with E-state index in [2.05, 4.69) is 10.5 Å². The van der Waals surface area contributed by atoms with Gasteiger partial charge in [-0.15, -0.1) is 0 Å². The number of rotatable bonds is 6. The molecule has 0 unspecified atom stereocenters. The van der Waals surface area contributed by atoms with Crippen molar-refractivity contribution >= 4 is 11.8 Å². The Hall–Kier alpha value is -4.19. The number of nitrogens with zero attached hydrogens (tertiary/aromatic N) is 2. The van der Waals surface area contributed by atoms with Crippen LogP contribution in [0.4, 0.5) is 0 Å². The Labute approximate surface area is 210 Å². The highest BCUT2D eigenvalue weighted by molar-refractivity contribution is 5.93. The summed E-state index contributed by atoms with van der Waals surface area (Å²) >= 11 is 0. The summed E-state index contributed by atoms with van der Waals surface area (Å²) in [4.78, 5) is 28.7. The van der Waals surface area contributed by atoms with Crippen molar-refractivity contribution in [2.45, 2.75) is 31.2 Å². The summed E-state index contributed by atoms with van der Waals surface area (Å²) < 4.78 is 5.40. The lowest BCUT2D eigenvalue weighted by molar-refractivity contribution is -0.129. The third-order valence-electron chi connectivity index (χ3n) is 7.10. The largest absolute Gasteiger partial charge is 0.350 e. The molecule has 2 amide bonds. The summed E-state index contributed by atoms with van der Waals surface area (Å²) in [7, 11) is 0. The summed E-state index contributed by atoms with van der Waals surface area (Å²) in [6.45, 7) is 2.89. The molecular weight excluding hydrogens is 450 g/mol. The maximum atomic E-state index is 13.8. The van der Waals surface area contributed by atoms with Crippen molar-refractivity contribution in [1.82, 2.24) is 15.4 Å². The molecule has 0 aliphatic carbocycles. The maximum absolute atomic E-state index is 13.8. The van der Waals surface area contributed by atoms with Gasteiger partial charge in [0.15, 0.2) is 0 Å². The maximum Gasteiger partial charge on any atom is 0.292 e. The van der Waals surface area contributed by atoms with E-state index in [1.165, 1.54) is 0 Å². The Morgan fingerprint density at radius 2 is 1.47 bits per heavy atom. The minimum Gasteiger partial charge on any atom is -0.350 e. The van der Waals surface area contributed by atoms with Gasteiger partial charge >= 0.3 is 0 Å². The fraction of sp³-hybridized carbons (Fsp3) is 0.233. The predicted octanol–water partition coefficient (Wildman–Crippen LogP) is 5.39. The van der Waals surface area contributed by atoms with E-state index in [0.29, 0.717) is 31.6 Å². The van der Waals surface area contributed by atoms with Crippen LogP contribution in [0.5, 0.6) is 0 Å². The average molecular weight is 480 g/mol. The molecule has 1 N–H and O–H groups in total. The number of hydrogen-bond acceptors (Lipinski definition) is 4. The van der Waals surface area contributed by atoms with Crippen LogP contribution < -0.4 is 5.32 Å². The van der Waals surface area contributed by atoms with E-state index in [0.717, 1.165) is 16.7 Å². The van der Waals surface area contributed by atoms with Gasteiger partial charge in [-0.25, -0.2) is 0 Å². The van der Waals surface area contributed by atoms with Crippen LogP contribution in [0.2, 0.25) is 0 Å². The topological polar surface area (TPSA) is 75.4 Å². The SMILES string of the molecule is C[C@H](NC(=O)C1(c2ccccc2)CCN(C(=O)c2cc(-c3ccccc3)no2)CC1)c1ccccc1. The fourth-order valence-corrected chi connectivity index (χ4v) is 4.93. The number of piperidine rings is 1. The second-order valence-electron chi connectivity index (χ2n) is 9.29. The van der Waals surface area contributed by atoms with E-state index in [1.54, 1.807) is 11.0 Å². The molecule has 1 atom stereocenters. The van der Waals surface area contributed by atoms with E-state index in [1.807, 2.05) is 97.9 Å². The first-order chi connectivity index (χ1) is 17.6. The molecule has 0 spiro atoms. The van der Waals surface area contributed by atoms with Gasteiger partial charge in [0, 0.05) is 24.7 Å². The minimum atomic E-state index is -0.711. The lowest BCUT2D eigenvalue weighted by atomic mass is 9.71. The highest BCUT2D eigenvalue weighted by atomic mass is 16.5. The van der Waals surface area contributed by atoms with Crippen LogP contribution in [0, 0.1) is 0 Å². The van der Waals surface area contributed by atoms with Gasteiger partial charge in [0.05, 0.1) is 11.5 Å². The zero-order chi connectivity index (χ0) is 25.0. The van der Waals surface area contributed by atoms with Gasteiger partial charge in [-0.1, -0.05) is 96.2 Å². The number of amides is 2. The van der Waals surface area contributed by atoms with E-state index < -0.39 is 5.41 Å². The molecule has 1 saturated heterocycles. The zero-order valence-corrected chi connectivity index (χ0v) is 20.3. The molecule has 1 aliphatic heterocycles. The number of nitrogens with one attached hydrogen (secondary N) is 1. The highest BCUT2D eigenvalue weighted by Crippen LogP contribution is 2.37. The van der Waals surface area contributed by atoms with Gasteiger partial charge in [0.2, 0.25) is 11.7 Å². The van der Waals surface area contributed by atoms with Crippen LogP contribution in [0.3, 0.4) is 0 Å². The molecule has 3 aromatic carbocycles. The Morgan fingerprint density at radius 3 is 2.11 bits per heavy atom. The van der Waals surface area contributed by atoms with Crippen molar-refractivity contribution in [3.8, 4) is 11.3 Å². The van der Waals surface area contributed by atoms with Gasteiger partial charge in [-0.3, -0.25) is 9.59 Å². The Kier molecular flexibility index (Phi) is 6.67. The van der Waals surface area contributed by atoms with Gasteiger partial charge in [0.25, 0.3) is 5.91 Å². The summed E-state index contributed by atoms with van der Waals surface area (Å²) in [6.07, 6.45) is 1.05. The van der Waals surface area contributed by atoms with E-state index in [4.69, 9.17) is 4.52 Å². The summed E-state index contributed by atoms with van der Waals surface area (Å²) in [5.41, 5.74) is 2.84. The first kappa shape index (κ1) is 23.5. The number of likely N-dealkylation sites (tertiary alicyclic amines) is 1. The Balaban J connectivity index is 1.33. The lowest BCUT2D eigenvalue weighted by Gasteiger charge is -2.41. The van der Waals surface area contributed by atoms with Gasteiger partial charge in [0.1, 0.15) is 5.69 Å². The van der Waals surface area contributed by atoms with Crippen molar-refractivity contribution in [3.63, 3.8) is 0 Å². The molecule has 1 fully saturated rings. The molecule has 5 rings (SSSR count). The minimum absolute atomic E-state index is 0.0109. The Morgan fingerprint density at radius 1 is 0.889 bits per heavy atom. The van der Waals surface area contributed by atoms with Gasteiger partial charge in [-0.2, -0.15) is 0 Å². The molecule has 0 bridgehead atoms. The second-order valence-corrected chi connectivity index (χ2v) is 9.29. The quantitative estimate of drug-likeness (QED) is 0.402. The lowest BCUT2D eigenvalue weighted by Crippen LogP contribution is -2.53. The third-order valence-corrected chi connectivity index (χ3v) is 7.10. The average Bonchev–Trinajstić information content (AvgIpc) is 3.44. The van der Waals surface area contributed by atoms with Crippen molar-refractivity contribution in [2.75, 3.05) is 13.1 Å². The predicted molar refractivity (Wildman–Crippen MR) is 138 cm³/mol. The molecular formula is C30H29N3O3. The van der Waals surface area contributed by atoms with Crippen LogP contribution >= 0.6 is 0 Å². The summed E-state index contributed by atoms with van der Waals surface area (Å²) in [5, 5.41) is 7.31.